The van der Waals surface area contributed by atoms with Gasteiger partial charge in [0.2, 0.25) is 0 Å². The SMILES string of the molecule is CC1Cc2ccccc2N2C1=CC(=O)CC2C. The number of carbonyl (C=O) groups excluding carboxylic acids is 1. The molecule has 0 radical (unpaired) electrons. The van der Waals surface area contributed by atoms with Crippen LogP contribution in [0.3, 0.4) is 0 Å². The fourth-order valence-corrected chi connectivity index (χ4v) is 3.04. The second-order valence-electron chi connectivity index (χ2n) is 5.19. The molecule has 2 heterocycles. The fourth-order valence-electron chi connectivity index (χ4n) is 3.04. The summed E-state index contributed by atoms with van der Waals surface area (Å²) < 4.78 is 0. The van der Waals surface area contributed by atoms with Gasteiger partial charge >= 0.3 is 0 Å². The Hall–Kier alpha value is -1.57. The second-order valence-corrected chi connectivity index (χ2v) is 5.19. The van der Waals surface area contributed by atoms with Crippen LogP contribution in [0, 0.1) is 5.92 Å². The molecule has 88 valence electrons. The van der Waals surface area contributed by atoms with Crippen LogP contribution < -0.4 is 4.90 Å². The molecule has 3 rings (SSSR count). The molecule has 2 heteroatoms. The molecular formula is C15H17NO. The first-order valence-electron chi connectivity index (χ1n) is 6.28. The Bertz CT molecular complexity index is 503. The average Bonchev–Trinajstić information content (AvgIpc) is 2.29. The molecule has 17 heavy (non-hydrogen) atoms. The van der Waals surface area contributed by atoms with Crippen LogP contribution >= 0.6 is 0 Å². The van der Waals surface area contributed by atoms with E-state index in [0.29, 0.717) is 12.3 Å². The summed E-state index contributed by atoms with van der Waals surface area (Å²) >= 11 is 0. The Morgan fingerprint density at radius 1 is 1.18 bits per heavy atom. The third kappa shape index (κ3) is 1.59. The topological polar surface area (TPSA) is 20.3 Å². The lowest BCUT2D eigenvalue weighted by atomic mass is 9.86. The van der Waals surface area contributed by atoms with Crippen molar-refractivity contribution >= 4 is 11.5 Å². The Labute approximate surface area is 102 Å². The lowest BCUT2D eigenvalue weighted by Crippen LogP contribution is -2.43. The van der Waals surface area contributed by atoms with Gasteiger partial charge in [-0.1, -0.05) is 25.1 Å². The maximum Gasteiger partial charge on any atom is 0.159 e. The van der Waals surface area contributed by atoms with Crippen molar-refractivity contribution in [3.8, 4) is 0 Å². The van der Waals surface area contributed by atoms with Gasteiger partial charge in [-0.05, 0) is 25.0 Å². The molecule has 2 unspecified atom stereocenters. The number of benzene rings is 1. The third-order valence-corrected chi connectivity index (χ3v) is 3.81. The van der Waals surface area contributed by atoms with Gasteiger partial charge in [-0.3, -0.25) is 4.79 Å². The molecule has 2 aliphatic heterocycles. The summed E-state index contributed by atoms with van der Waals surface area (Å²) in [4.78, 5) is 14.0. The number of nitrogens with zero attached hydrogens (tertiary/aromatic N) is 1. The van der Waals surface area contributed by atoms with Gasteiger partial charge in [0, 0.05) is 35.8 Å². The summed E-state index contributed by atoms with van der Waals surface area (Å²) in [6, 6.07) is 8.83. The monoisotopic (exact) mass is 227 g/mol. The summed E-state index contributed by atoms with van der Waals surface area (Å²) in [5.74, 6) is 0.714. The zero-order valence-electron chi connectivity index (χ0n) is 10.3. The summed E-state index contributed by atoms with van der Waals surface area (Å²) in [6.45, 7) is 4.35. The molecule has 0 saturated heterocycles. The summed E-state index contributed by atoms with van der Waals surface area (Å²) in [6.07, 6.45) is 3.52. The fraction of sp³-hybridized carbons (Fsp3) is 0.400. The number of hydrogen-bond donors (Lipinski definition) is 0. The van der Waals surface area contributed by atoms with Gasteiger partial charge in [0.15, 0.2) is 5.78 Å². The molecule has 2 aliphatic rings. The minimum Gasteiger partial charge on any atom is -0.341 e. The maximum absolute atomic E-state index is 11.7. The molecule has 0 amide bonds. The second kappa shape index (κ2) is 3.73. The van der Waals surface area contributed by atoms with E-state index in [9.17, 15) is 4.79 Å². The summed E-state index contributed by atoms with van der Waals surface area (Å²) in [5.41, 5.74) is 3.89. The van der Waals surface area contributed by atoms with Gasteiger partial charge in [-0.2, -0.15) is 0 Å². The van der Waals surface area contributed by atoms with Crippen LogP contribution in [0.5, 0.6) is 0 Å². The van der Waals surface area contributed by atoms with Crippen molar-refractivity contribution in [1.82, 2.24) is 0 Å². The van der Waals surface area contributed by atoms with Crippen LogP contribution in [-0.2, 0) is 11.2 Å². The highest BCUT2D eigenvalue weighted by Gasteiger charge is 2.33. The number of fused-ring (bicyclic) bond motifs is 3. The molecule has 0 fully saturated rings. The van der Waals surface area contributed by atoms with Crippen molar-refractivity contribution in [2.24, 2.45) is 5.92 Å². The number of ketones is 1. The minimum atomic E-state index is 0.273. The van der Waals surface area contributed by atoms with Crippen LogP contribution in [-0.4, -0.2) is 11.8 Å². The van der Waals surface area contributed by atoms with Crippen molar-refractivity contribution in [3.05, 3.63) is 41.6 Å². The van der Waals surface area contributed by atoms with E-state index in [1.54, 1.807) is 0 Å². The first-order valence-corrected chi connectivity index (χ1v) is 6.28. The number of anilines is 1. The number of rotatable bonds is 0. The zero-order chi connectivity index (χ0) is 12.0. The van der Waals surface area contributed by atoms with Gasteiger partial charge in [0.1, 0.15) is 0 Å². The van der Waals surface area contributed by atoms with E-state index in [0.717, 1.165) is 6.42 Å². The van der Waals surface area contributed by atoms with Gasteiger partial charge in [-0.25, -0.2) is 0 Å². The Morgan fingerprint density at radius 2 is 1.94 bits per heavy atom. The Kier molecular flexibility index (Phi) is 2.32. The van der Waals surface area contributed by atoms with Crippen LogP contribution in [0.15, 0.2) is 36.0 Å². The lowest BCUT2D eigenvalue weighted by Gasteiger charge is -2.43. The minimum absolute atomic E-state index is 0.273. The van der Waals surface area contributed by atoms with E-state index in [4.69, 9.17) is 0 Å². The lowest BCUT2D eigenvalue weighted by molar-refractivity contribution is -0.115. The molecule has 2 atom stereocenters. The zero-order valence-corrected chi connectivity index (χ0v) is 10.3. The highest BCUT2D eigenvalue weighted by Crippen LogP contribution is 2.39. The number of para-hydroxylation sites is 1. The smallest absolute Gasteiger partial charge is 0.159 e. The molecule has 0 aromatic heterocycles. The van der Waals surface area contributed by atoms with E-state index < -0.39 is 0 Å². The largest absolute Gasteiger partial charge is 0.341 e. The normalized spacial score (nSPS) is 27.3. The predicted molar refractivity (Wildman–Crippen MR) is 69.0 cm³/mol. The van der Waals surface area contributed by atoms with Crippen molar-refractivity contribution in [2.45, 2.75) is 32.7 Å². The number of carbonyl (C=O) groups is 1. The van der Waals surface area contributed by atoms with Crippen LogP contribution in [0.2, 0.25) is 0 Å². The van der Waals surface area contributed by atoms with E-state index in [1.807, 2.05) is 6.08 Å². The molecule has 1 aromatic carbocycles. The molecule has 2 nitrogen and oxygen atoms in total. The Morgan fingerprint density at radius 3 is 2.76 bits per heavy atom. The van der Waals surface area contributed by atoms with Gasteiger partial charge in [0.25, 0.3) is 0 Å². The van der Waals surface area contributed by atoms with Crippen molar-refractivity contribution in [2.75, 3.05) is 4.90 Å². The molecule has 0 spiro atoms. The molecular weight excluding hydrogens is 210 g/mol. The van der Waals surface area contributed by atoms with E-state index in [-0.39, 0.29) is 11.8 Å². The van der Waals surface area contributed by atoms with Crippen LogP contribution in [0.1, 0.15) is 25.8 Å². The molecule has 0 saturated carbocycles. The van der Waals surface area contributed by atoms with E-state index in [1.165, 1.54) is 16.9 Å². The molecule has 1 aromatic rings. The summed E-state index contributed by atoms with van der Waals surface area (Å²) in [5, 5.41) is 0. The number of hydrogen-bond acceptors (Lipinski definition) is 2. The third-order valence-electron chi connectivity index (χ3n) is 3.81. The first-order chi connectivity index (χ1) is 8.16. The van der Waals surface area contributed by atoms with Gasteiger partial charge < -0.3 is 4.90 Å². The highest BCUT2D eigenvalue weighted by molar-refractivity contribution is 5.94. The Balaban J connectivity index is 2.16. The van der Waals surface area contributed by atoms with Crippen molar-refractivity contribution in [3.63, 3.8) is 0 Å². The predicted octanol–water partition coefficient (Wildman–Crippen LogP) is 2.93. The van der Waals surface area contributed by atoms with E-state index in [2.05, 4.69) is 43.0 Å². The molecule has 0 aliphatic carbocycles. The molecule has 0 N–H and O–H groups in total. The quantitative estimate of drug-likeness (QED) is 0.679. The standard InChI is InChI=1S/C15H17NO/c1-10-7-12-5-3-4-6-14(12)16-11(2)8-13(17)9-15(10)16/h3-6,9-11H,7-8H2,1-2H3. The van der Waals surface area contributed by atoms with Crippen LogP contribution in [0.25, 0.3) is 0 Å². The van der Waals surface area contributed by atoms with Gasteiger partial charge in [0.05, 0.1) is 0 Å². The maximum atomic E-state index is 11.7. The highest BCUT2D eigenvalue weighted by atomic mass is 16.1. The van der Waals surface area contributed by atoms with E-state index >= 15 is 0 Å². The van der Waals surface area contributed by atoms with Crippen molar-refractivity contribution in [1.29, 1.82) is 0 Å². The average molecular weight is 227 g/mol. The number of allylic oxidation sites excluding steroid dienone is 2. The van der Waals surface area contributed by atoms with Gasteiger partial charge in [-0.15, -0.1) is 0 Å². The summed E-state index contributed by atoms with van der Waals surface area (Å²) in [7, 11) is 0. The van der Waals surface area contributed by atoms with Crippen molar-refractivity contribution < 1.29 is 4.79 Å². The first kappa shape index (κ1) is 10.6. The molecule has 0 bridgehead atoms. The van der Waals surface area contributed by atoms with Crippen LogP contribution in [0.4, 0.5) is 5.69 Å².